The Morgan fingerprint density at radius 3 is 2.50 bits per heavy atom. The number of carboxylic acid groups (broad SMARTS) is 1. The van der Waals surface area contributed by atoms with Crippen LogP contribution in [0.4, 0.5) is 13.2 Å². The average Bonchev–Trinajstić information content (AvgIpc) is 3.24. The number of hydrogen-bond donors (Lipinski definition) is 2. The number of alkyl halides is 3. The quantitative estimate of drug-likeness (QED) is 0.793. The summed E-state index contributed by atoms with van der Waals surface area (Å²) in [6, 6.07) is 4.82. The largest absolute Gasteiger partial charge is 0.481 e. The fourth-order valence-corrected chi connectivity index (χ4v) is 2.38. The minimum absolute atomic E-state index is 0.0587. The summed E-state index contributed by atoms with van der Waals surface area (Å²) in [6.45, 7) is 0.200. The highest BCUT2D eigenvalue weighted by Gasteiger charge is 2.51. The van der Waals surface area contributed by atoms with E-state index in [1.54, 1.807) is 0 Å². The molecule has 1 fully saturated rings. The van der Waals surface area contributed by atoms with Crippen LogP contribution < -0.4 is 5.32 Å². The third-order valence-corrected chi connectivity index (χ3v) is 3.78. The van der Waals surface area contributed by atoms with Gasteiger partial charge in [0.05, 0.1) is 11.0 Å². The lowest BCUT2D eigenvalue weighted by atomic mass is 9.93. The SMILES string of the molecule is O=C(O)CCCNC(=O)C1(c2cccc(C(F)(F)F)c2)CC1. The van der Waals surface area contributed by atoms with E-state index < -0.39 is 23.1 Å². The van der Waals surface area contributed by atoms with Crippen molar-refractivity contribution >= 4 is 11.9 Å². The Hall–Kier alpha value is -2.05. The second-order valence-electron chi connectivity index (χ2n) is 5.41. The number of halogens is 3. The number of benzene rings is 1. The molecule has 0 saturated heterocycles. The van der Waals surface area contributed by atoms with Gasteiger partial charge in [0.1, 0.15) is 0 Å². The molecule has 1 aromatic carbocycles. The second-order valence-corrected chi connectivity index (χ2v) is 5.41. The molecule has 1 aliphatic rings. The van der Waals surface area contributed by atoms with Crippen molar-refractivity contribution in [2.45, 2.75) is 37.3 Å². The summed E-state index contributed by atoms with van der Waals surface area (Å²) in [5.41, 5.74) is -1.31. The first-order valence-electron chi connectivity index (χ1n) is 6.93. The Bertz CT molecular complexity index is 580. The number of rotatable bonds is 6. The molecule has 0 radical (unpaired) electrons. The van der Waals surface area contributed by atoms with Crippen molar-refractivity contribution < 1.29 is 27.9 Å². The minimum atomic E-state index is -4.44. The van der Waals surface area contributed by atoms with Crippen molar-refractivity contribution in [2.24, 2.45) is 0 Å². The number of amides is 1. The Balaban J connectivity index is 2.04. The number of nitrogens with one attached hydrogen (secondary N) is 1. The number of hydrogen-bond acceptors (Lipinski definition) is 2. The van der Waals surface area contributed by atoms with E-state index in [0.29, 0.717) is 24.8 Å². The van der Waals surface area contributed by atoms with Gasteiger partial charge in [0.2, 0.25) is 5.91 Å². The van der Waals surface area contributed by atoms with E-state index in [0.717, 1.165) is 12.1 Å². The fraction of sp³-hybridized carbons (Fsp3) is 0.467. The highest BCUT2D eigenvalue weighted by atomic mass is 19.4. The van der Waals surface area contributed by atoms with Crippen molar-refractivity contribution in [1.29, 1.82) is 0 Å². The molecule has 1 saturated carbocycles. The minimum Gasteiger partial charge on any atom is -0.481 e. The van der Waals surface area contributed by atoms with Crippen LogP contribution in [0.15, 0.2) is 24.3 Å². The van der Waals surface area contributed by atoms with Crippen molar-refractivity contribution in [3.05, 3.63) is 35.4 Å². The summed E-state index contributed by atoms with van der Waals surface area (Å²) in [6.07, 6.45) is -3.21. The topological polar surface area (TPSA) is 66.4 Å². The van der Waals surface area contributed by atoms with Gasteiger partial charge >= 0.3 is 12.1 Å². The molecule has 1 amide bonds. The van der Waals surface area contributed by atoms with Crippen LogP contribution in [-0.2, 0) is 21.2 Å². The van der Waals surface area contributed by atoms with Crippen LogP contribution in [0, 0.1) is 0 Å². The molecule has 0 heterocycles. The maximum absolute atomic E-state index is 12.7. The Morgan fingerprint density at radius 1 is 1.27 bits per heavy atom. The standard InChI is InChI=1S/C15H16F3NO3/c16-15(17,18)11-4-1-3-10(9-11)14(6-7-14)13(22)19-8-2-5-12(20)21/h1,3-4,9H,2,5-8H2,(H,19,22)(H,20,21). The number of aliphatic carboxylic acids is 1. The van der Waals surface area contributed by atoms with Crippen molar-refractivity contribution in [3.63, 3.8) is 0 Å². The predicted octanol–water partition coefficient (Wildman–Crippen LogP) is 2.72. The molecule has 0 aliphatic heterocycles. The molecule has 120 valence electrons. The number of carboxylic acids is 1. The molecular weight excluding hydrogens is 299 g/mol. The smallest absolute Gasteiger partial charge is 0.416 e. The third-order valence-electron chi connectivity index (χ3n) is 3.78. The molecule has 2 N–H and O–H groups in total. The zero-order chi connectivity index (χ0) is 16.4. The molecule has 0 atom stereocenters. The van der Waals surface area contributed by atoms with Gasteiger partial charge in [-0.15, -0.1) is 0 Å². The van der Waals surface area contributed by atoms with E-state index in [9.17, 15) is 22.8 Å². The summed E-state index contributed by atoms with van der Waals surface area (Å²) in [5.74, 6) is -1.29. The van der Waals surface area contributed by atoms with E-state index in [1.807, 2.05) is 0 Å². The second kappa shape index (κ2) is 5.98. The first-order chi connectivity index (χ1) is 10.3. The molecule has 22 heavy (non-hydrogen) atoms. The molecule has 1 aliphatic carbocycles. The third kappa shape index (κ3) is 3.58. The van der Waals surface area contributed by atoms with E-state index in [1.165, 1.54) is 12.1 Å². The van der Waals surface area contributed by atoms with Crippen LogP contribution in [0.25, 0.3) is 0 Å². The number of carbonyl (C=O) groups is 2. The molecule has 7 heteroatoms. The van der Waals surface area contributed by atoms with E-state index in [-0.39, 0.29) is 18.9 Å². The molecule has 0 unspecified atom stereocenters. The maximum atomic E-state index is 12.7. The van der Waals surface area contributed by atoms with Crippen LogP contribution in [0.1, 0.15) is 36.8 Å². The zero-order valence-corrected chi connectivity index (χ0v) is 11.7. The van der Waals surface area contributed by atoms with Gasteiger partial charge in [0.25, 0.3) is 0 Å². The summed E-state index contributed by atoms with van der Waals surface area (Å²) < 4.78 is 38.2. The van der Waals surface area contributed by atoms with Crippen LogP contribution in [0.5, 0.6) is 0 Å². The van der Waals surface area contributed by atoms with E-state index >= 15 is 0 Å². The fourth-order valence-electron chi connectivity index (χ4n) is 2.38. The van der Waals surface area contributed by atoms with Gasteiger partial charge in [-0.1, -0.05) is 18.2 Å². The lowest BCUT2D eigenvalue weighted by molar-refractivity contribution is -0.138. The Morgan fingerprint density at radius 2 is 1.95 bits per heavy atom. The molecule has 2 rings (SSSR count). The summed E-state index contributed by atoms with van der Waals surface area (Å²) in [4.78, 5) is 22.6. The van der Waals surface area contributed by atoms with E-state index in [2.05, 4.69) is 5.32 Å². The van der Waals surface area contributed by atoms with Crippen molar-refractivity contribution in [2.75, 3.05) is 6.54 Å². The van der Waals surface area contributed by atoms with Gasteiger partial charge < -0.3 is 10.4 Å². The van der Waals surface area contributed by atoms with Gasteiger partial charge in [-0.3, -0.25) is 9.59 Å². The summed E-state index contributed by atoms with van der Waals surface area (Å²) in [5, 5.41) is 11.1. The Labute approximate surface area is 125 Å². The molecule has 4 nitrogen and oxygen atoms in total. The number of carbonyl (C=O) groups excluding carboxylic acids is 1. The first kappa shape index (κ1) is 16.3. The molecule has 0 bridgehead atoms. The first-order valence-corrected chi connectivity index (χ1v) is 6.93. The lowest BCUT2D eigenvalue weighted by Gasteiger charge is -2.17. The highest BCUT2D eigenvalue weighted by molar-refractivity contribution is 5.91. The highest BCUT2D eigenvalue weighted by Crippen LogP contribution is 2.49. The normalized spacial score (nSPS) is 16.1. The van der Waals surface area contributed by atoms with Gasteiger partial charge in [-0.25, -0.2) is 0 Å². The zero-order valence-electron chi connectivity index (χ0n) is 11.7. The summed E-state index contributed by atoms with van der Waals surface area (Å²) >= 11 is 0. The average molecular weight is 315 g/mol. The Kier molecular flexibility index (Phi) is 4.44. The predicted molar refractivity (Wildman–Crippen MR) is 72.2 cm³/mol. The maximum Gasteiger partial charge on any atom is 0.416 e. The monoisotopic (exact) mass is 315 g/mol. The van der Waals surface area contributed by atoms with Crippen LogP contribution in [0.2, 0.25) is 0 Å². The van der Waals surface area contributed by atoms with Gasteiger partial charge in [-0.05, 0) is 30.9 Å². The van der Waals surface area contributed by atoms with Crippen LogP contribution in [-0.4, -0.2) is 23.5 Å². The van der Waals surface area contributed by atoms with Crippen LogP contribution in [0.3, 0.4) is 0 Å². The summed E-state index contributed by atoms with van der Waals surface area (Å²) in [7, 11) is 0. The lowest BCUT2D eigenvalue weighted by Crippen LogP contribution is -2.35. The molecule has 0 aromatic heterocycles. The van der Waals surface area contributed by atoms with Crippen molar-refractivity contribution in [1.82, 2.24) is 5.32 Å². The van der Waals surface area contributed by atoms with Gasteiger partial charge in [0.15, 0.2) is 0 Å². The molecule has 0 spiro atoms. The van der Waals surface area contributed by atoms with Crippen molar-refractivity contribution in [3.8, 4) is 0 Å². The van der Waals surface area contributed by atoms with Gasteiger partial charge in [0, 0.05) is 13.0 Å². The van der Waals surface area contributed by atoms with Crippen LogP contribution >= 0.6 is 0 Å². The molecule has 1 aromatic rings. The van der Waals surface area contributed by atoms with Gasteiger partial charge in [-0.2, -0.15) is 13.2 Å². The van der Waals surface area contributed by atoms with E-state index in [4.69, 9.17) is 5.11 Å². The molecular formula is C15H16F3NO3.